The van der Waals surface area contributed by atoms with E-state index in [-0.39, 0.29) is 0 Å². The van der Waals surface area contributed by atoms with Gasteiger partial charge in [0.15, 0.2) is 0 Å². The minimum atomic E-state index is -2.18. The molecular formula is C4H3NO2S. The second kappa shape index (κ2) is 4.09. The molecule has 0 aromatic carbocycles. The van der Waals surface area contributed by atoms with Crippen molar-refractivity contribution < 1.29 is 8.42 Å². The highest BCUT2D eigenvalue weighted by Gasteiger charge is 1.61. The minimum absolute atomic E-state index is 0.892. The summed E-state index contributed by atoms with van der Waals surface area (Å²) in [4.78, 5) is 0. The van der Waals surface area contributed by atoms with E-state index in [0.717, 1.165) is 17.5 Å². The Morgan fingerprint density at radius 1 is 1.50 bits per heavy atom. The van der Waals surface area contributed by atoms with E-state index in [4.69, 9.17) is 5.26 Å². The van der Waals surface area contributed by atoms with Crippen molar-refractivity contribution in [2.75, 3.05) is 0 Å². The maximum absolute atomic E-state index is 9.66. The summed E-state index contributed by atoms with van der Waals surface area (Å²) in [6.45, 7) is 0. The lowest BCUT2D eigenvalue weighted by molar-refractivity contribution is 0.627. The summed E-state index contributed by atoms with van der Waals surface area (Å²) in [6, 6.07) is 1.64. The number of hydrogen-bond donors (Lipinski definition) is 0. The SMILES string of the molecule is N#CC=CC=S(=O)=O. The van der Waals surface area contributed by atoms with E-state index in [1.54, 1.807) is 6.07 Å². The van der Waals surface area contributed by atoms with Crippen LogP contribution >= 0.6 is 0 Å². The molecule has 0 aliphatic heterocycles. The summed E-state index contributed by atoms with van der Waals surface area (Å²) in [6.07, 6.45) is 2.24. The van der Waals surface area contributed by atoms with Crippen molar-refractivity contribution in [2.24, 2.45) is 0 Å². The topological polar surface area (TPSA) is 57.9 Å². The average molecular weight is 129 g/mol. The molecule has 0 aliphatic rings. The quantitative estimate of drug-likeness (QED) is 0.278. The van der Waals surface area contributed by atoms with Crippen LogP contribution in [0.15, 0.2) is 12.2 Å². The predicted molar refractivity (Wildman–Crippen MR) is 29.7 cm³/mol. The number of nitriles is 1. The summed E-state index contributed by atoms with van der Waals surface area (Å²) >= 11 is 0. The van der Waals surface area contributed by atoms with Gasteiger partial charge in [-0.3, -0.25) is 0 Å². The van der Waals surface area contributed by atoms with Crippen LogP contribution in [0, 0.1) is 11.3 Å². The fourth-order valence-corrected chi connectivity index (χ4v) is 0.353. The minimum Gasteiger partial charge on any atom is -0.193 e. The Bertz CT molecular complexity index is 234. The molecule has 0 bridgehead atoms. The Balaban J connectivity index is 4.03. The molecule has 0 saturated heterocycles. The van der Waals surface area contributed by atoms with Crippen molar-refractivity contribution in [2.45, 2.75) is 0 Å². The fraction of sp³-hybridized carbons (Fsp3) is 0. The molecule has 8 heavy (non-hydrogen) atoms. The van der Waals surface area contributed by atoms with E-state index in [9.17, 15) is 8.42 Å². The number of nitrogens with zero attached hydrogens (tertiary/aromatic N) is 1. The molecule has 0 N–H and O–H groups in total. The smallest absolute Gasteiger partial charge is 0.193 e. The lowest BCUT2D eigenvalue weighted by atomic mass is 10.6. The third-order valence-corrected chi connectivity index (χ3v) is 0.740. The van der Waals surface area contributed by atoms with Gasteiger partial charge >= 0.3 is 0 Å². The van der Waals surface area contributed by atoms with Gasteiger partial charge in [0.05, 0.1) is 11.4 Å². The number of rotatable bonds is 1. The van der Waals surface area contributed by atoms with Crippen LogP contribution in [0.3, 0.4) is 0 Å². The van der Waals surface area contributed by atoms with Crippen LogP contribution in [0.25, 0.3) is 0 Å². The zero-order valence-electron chi connectivity index (χ0n) is 3.90. The molecule has 0 heterocycles. The van der Waals surface area contributed by atoms with Gasteiger partial charge in [-0.25, -0.2) is 0 Å². The van der Waals surface area contributed by atoms with Gasteiger partial charge in [-0.1, -0.05) is 0 Å². The molecule has 0 radical (unpaired) electrons. The van der Waals surface area contributed by atoms with Gasteiger partial charge in [-0.15, -0.1) is 0 Å². The monoisotopic (exact) mass is 129 g/mol. The van der Waals surface area contributed by atoms with Crippen LogP contribution in [-0.4, -0.2) is 13.8 Å². The molecule has 0 saturated carbocycles. The lowest BCUT2D eigenvalue weighted by Gasteiger charge is -1.54. The predicted octanol–water partition coefficient (Wildman–Crippen LogP) is -0.253. The standard InChI is InChI=1S/C4H3NO2S/c5-3-1-2-4-8(6)7/h1-2,4H. The second-order valence-electron chi connectivity index (χ2n) is 0.885. The molecule has 0 amide bonds. The molecule has 0 fully saturated rings. The number of allylic oxidation sites excluding steroid dienone is 2. The van der Waals surface area contributed by atoms with Crippen LogP contribution < -0.4 is 0 Å². The van der Waals surface area contributed by atoms with Crippen LogP contribution in [-0.2, 0) is 10.3 Å². The Morgan fingerprint density at radius 3 is 2.50 bits per heavy atom. The summed E-state index contributed by atoms with van der Waals surface area (Å²) in [5.41, 5.74) is 0. The van der Waals surface area contributed by atoms with E-state index in [2.05, 4.69) is 0 Å². The van der Waals surface area contributed by atoms with Crippen molar-refractivity contribution in [3.05, 3.63) is 12.2 Å². The van der Waals surface area contributed by atoms with E-state index >= 15 is 0 Å². The van der Waals surface area contributed by atoms with E-state index < -0.39 is 10.3 Å². The largest absolute Gasteiger partial charge is 0.214 e. The first-order valence-electron chi connectivity index (χ1n) is 1.75. The molecule has 0 aromatic rings. The normalized spacial score (nSPS) is 8.38. The molecule has 4 heteroatoms. The van der Waals surface area contributed by atoms with Crippen molar-refractivity contribution in [1.29, 1.82) is 5.26 Å². The fourth-order valence-electron chi connectivity index (χ4n) is 0.146. The van der Waals surface area contributed by atoms with E-state index in [0.29, 0.717) is 0 Å². The van der Waals surface area contributed by atoms with Gasteiger partial charge in [0.25, 0.3) is 0 Å². The van der Waals surface area contributed by atoms with Crippen LogP contribution in [0.1, 0.15) is 0 Å². The second-order valence-corrected chi connectivity index (χ2v) is 1.68. The molecular weight excluding hydrogens is 126 g/mol. The molecule has 0 aromatic heterocycles. The third-order valence-electron chi connectivity index (χ3n) is 0.360. The first-order valence-corrected chi connectivity index (χ1v) is 2.89. The first-order chi connectivity index (χ1) is 3.77. The molecule has 0 rings (SSSR count). The van der Waals surface area contributed by atoms with Crippen molar-refractivity contribution >= 4 is 15.7 Å². The van der Waals surface area contributed by atoms with Gasteiger partial charge in [-0.2, -0.15) is 13.7 Å². The molecule has 0 atom stereocenters. The molecule has 42 valence electrons. The molecule has 0 aliphatic carbocycles. The lowest BCUT2D eigenvalue weighted by Crippen LogP contribution is -1.62. The average Bonchev–Trinajstić information content (AvgIpc) is 1.66. The zero-order chi connectivity index (χ0) is 6.41. The Morgan fingerprint density at radius 2 is 2.12 bits per heavy atom. The van der Waals surface area contributed by atoms with Gasteiger partial charge in [0.2, 0.25) is 10.3 Å². The maximum atomic E-state index is 9.66. The first kappa shape index (κ1) is 6.92. The molecule has 3 nitrogen and oxygen atoms in total. The summed E-state index contributed by atoms with van der Waals surface area (Å²) in [5, 5.41) is 8.71. The summed E-state index contributed by atoms with van der Waals surface area (Å²) < 4.78 is 19.3. The number of hydrogen-bond acceptors (Lipinski definition) is 3. The highest BCUT2D eigenvalue weighted by molar-refractivity contribution is 7.71. The molecule has 0 spiro atoms. The summed E-state index contributed by atoms with van der Waals surface area (Å²) in [7, 11) is -2.18. The molecule has 0 unspecified atom stereocenters. The maximum Gasteiger partial charge on any atom is 0.214 e. The van der Waals surface area contributed by atoms with E-state index in [1.807, 2.05) is 0 Å². The van der Waals surface area contributed by atoms with Gasteiger partial charge < -0.3 is 0 Å². The van der Waals surface area contributed by atoms with Crippen molar-refractivity contribution in [1.82, 2.24) is 0 Å². The van der Waals surface area contributed by atoms with Crippen LogP contribution in [0.4, 0.5) is 0 Å². The Kier molecular flexibility index (Phi) is 3.54. The Hall–Kier alpha value is -1.08. The Labute approximate surface area is 48.4 Å². The van der Waals surface area contributed by atoms with E-state index in [1.165, 1.54) is 0 Å². The highest BCUT2D eigenvalue weighted by atomic mass is 32.2. The van der Waals surface area contributed by atoms with Crippen LogP contribution in [0.5, 0.6) is 0 Å². The summed E-state index contributed by atoms with van der Waals surface area (Å²) in [5.74, 6) is 0. The van der Waals surface area contributed by atoms with Gasteiger partial charge in [0, 0.05) is 6.08 Å². The van der Waals surface area contributed by atoms with Gasteiger partial charge in [-0.05, 0) is 6.08 Å². The van der Waals surface area contributed by atoms with Crippen LogP contribution in [0.2, 0.25) is 0 Å². The van der Waals surface area contributed by atoms with Crippen molar-refractivity contribution in [3.8, 4) is 6.07 Å². The zero-order valence-corrected chi connectivity index (χ0v) is 4.72. The van der Waals surface area contributed by atoms with Gasteiger partial charge in [0.1, 0.15) is 0 Å². The van der Waals surface area contributed by atoms with Crippen molar-refractivity contribution in [3.63, 3.8) is 0 Å². The third kappa shape index (κ3) is 4.92. The highest BCUT2D eigenvalue weighted by Crippen LogP contribution is 1.59.